The maximum atomic E-state index is 10.9. The number of hydrogen-bond acceptors (Lipinski definition) is 3. The number of anilines is 1. The summed E-state index contributed by atoms with van der Waals surface area (Å²) >= 11 is 0. The van der Waals surface area contributed by atoms with Gasteiger partial charge in [-0.3, -0.25) is 0 Å². The van der Waals surface area contributed by atoms with Crippen molar-refractivity contribution < 1.29 is 9.90 Å². The van der Waals surface area contributed by atoms with E-state index in [4.69, 9.17) is 10.8 Å². The van der Waals surface area contributed by atoms with E-state index in [0.717, 1.165) is 24.2 Å². The third-order valence-electron chi connectivity index (χ3n) is 2.48. The molecule has 4 heteroatoms. The van der Waals surface area contributed by atoms with Crippen molar-refractivity contribution in [2.45, 2.75) is 12.5 Å². The Morgan fingerprint density at radius 1 is 1.57 bits per heavy atom. The molecule has 0 aliphatic carbocycles. The number of fused-ring (bicyclic) bond motifs is 1. The summed E-state index contributed by atoms with van der Waals surface area (Å²) in [4.78, 5) is 10.9. The molecule has 0 amide bonds. The highest BCUT2D eigenvalue weighted by Gasteiger charge is 2.22. The van der Waals surface area contributed by atoms with E-state index in [1.807, 2.05) is 6.07 Å². The molecule has 0 saturated heterocycles. The van der Waals surface area contributed by atoms with E-state index in [0.29, 0.717) is 5.56 Å². The van der Waals surface area contributed by atoms with Gasteiger partial charge in [0.15, 0.2) is 0 Å². The predicted octanol–water partition coefficient (Wildman–Crippen LogP) is 1.20. The van der Waals surface area contributed by atoms with Gasteiger partial charge >= 0.3 is 5.97 Å². The fraction of sp³-hybridized carbons (Fsp3) is 0.300. The zero-order valence-corrected chi connectivity index (χ0v) is 7.66. The fourth-order valence-electron chi connectivity index (χ4n) is 1.81. The third-order valence-corrected chi connectivity index (χ3v) is 2.48. The van der Waals surface area contributed by atoms with Crippen LogP contribution in [0.25, 0.3) is 0 Å². The van der Waals surface area contributed by atoms with Gasteiger partial charge in [-0.15, -0.1) is 0 Å². The lowest BCUT2D eigenvalue weighted by molar-refractivity contribution is 0.0695. The van der Waals surface area contributed by atoms with Crippen LogP contribution >= 0.6 is 0 Å². The largest absolute Gasteiger partial charge is 0.478 e. The van der Waals surface area contributed by atoms with Gasteiger partial charge in [0, 0.05) is 23.8 Å². The van der Waals surface area contributed by atoms with Crippen LogP contribution in [-0.2, 0) is 0 Å². The Morgan fingerprint density at radius 2 is 2.36 bits per heavy atom. The summed E-state index contributed by atoms with van der Waals surface area (Å²) in [6.45, 7) is 0.803. The molecule has 0 saturated carbocycles. The summed E-state index contributed by atoms with van der Waals surface area (Å²) in [5.41, 5.74) is 7.77. The Balaban J connectivity index is 2.57. The Kier molecular flexibility index (Phi) is 2.13. The highest BCUT2D eigenvalue weighted by Crippen LogP contribution is 2.30. The van der Waals surface area contributed by atoms with Crippen molar-refractivity contribution in [2.75, 3.05) is 11.9 Å². The molecule has 1 aliphatic heterocycles. The standard InChI is InChI=1S/C10H12N2O2/c11-7-4-5-12-8-3-1-2-6(9(7)8)10(13)14/h1-3,7,12H,4-5,11H2,(H,13,14)/t7-/m0/s1. The van der Waals surface area contributed by atoms with Crippen molar-refractivity contribution in [3.8, 4) is 0 Å². The topological polar surface area (TPSA) is 75.3 Å². The summed E-state index contributed by atoms with van der Waals surface area (Å²) in [6, 6.07) is 5.01. The first-order valence-electron chi connectivity index (χ1n) is 4.56. The molecule has 74 valence electrons. The third kappa shape index (κ3) is 1.33. The number of benzene rings is 1. The predicted molar refractivity (Wildman–Crippen MR) is 53.4 cm³/mol. The second-order valence-electron chi connectivity index (χ2n) is 3.39. The van der Waals surface area contributed by atoms with Gasteiger partial charge in [0.05, 0.1) is 5.56 Å². The summed E-state index contributed by atoms with van der Waals surface area (Å²) in [5, 5.41) is 12.1. The number of carboxylic acid groups (broad SMARTS) is 1. The van der Waals surface area contributed by atoms with Gasteiger partial charge < -0.3 is 16.2 Å². The molecule has 0 spiro atoms. The van der Waals surface area contributed by atoms with E-state index in [1.54, 1.807) is 12.1 Å². The van der Waals surface area contributed by atoms with E-state index in [-0.39, 0.29) is 6.04 Å². The van der Waals surface area contributed by atoms with Gasteiger partial charge in [0.2, 0.25) is 0 Å². The molecule has 1 aromatic carbocycles. The Hall–Kier alpha value is -1.55. The van der Waals surface area contributed by atoms with Crippen LogP contribution in [0.3, 0.4) is 0 Å². The Morgan fingerprint density at radius 3 is 3.07 bits per heavy atom. The number of nitrogens with two attached hydrogens (primary N) is 1. The summed E-state index contributed by atoms with van der Waals surface area (Å²) in [7, 11) is 0. The molecule has 4 N–H and O–H groups in total. The lowest BCUT2D eigenvalue weighted by Crippen LogP contribution is -2.25. The average Bonchev–Trinajstić information content (AvgIpc) is 2.17. The van der Waals surface area contributed by atoms with Crippen LogP contribution in [0, 0.1) is 0 Å². The molecule has 4 nitrogen and oxygen atoms in total. The van der Waals surface area contributed by atoms with E-state index in [9.17, 15) is 4.79 Å². The molecule has 0 fully saturated rings. The highest BCUT2D eigenvalue weighted by molar-refractivity contribution is 5.91. The summed E-state index contributed by atoms with van der Waals surface area (Å²) < 4.78 is 0. The summed E-state index contributed by atoms with van der Waals surface area (Å²) in [6.07, 6.45) is 0.775. The van der Waals surface area contributed by atoms with Crippen molar-refractivity contribution in [3.05, 3.63) is 29.3 Å². The minimum absolute atomic E-state index is 0.168. The van der Waals surface area contributed by atoms with Crippen LogP contribution in [0.4, 0.5) is 5.69 Å². The summed E-state index contributed by atoms with van der Waals surface area (Å²) in [5.74, 6) is -0.916. The van der Waals surface area contributed by atoms with Gasteiger partial charge in [0.25, 0.3) is 0 Å². The van der Waals surface area contributed by atoms with Crippen molar-refractivity contribution >= 4 is 11.7 Å². The second kappa shape index (κ2) is 3.31. The lowest BCUT2D eigenvalue weighted by Gasteiger charge is -2.25. The number of carboxylic acids is 1. The van der Waals surface area contributed by atoms with Gasteiger partial charge in [0.1, 0.15) is 0 Å². The molecule has 1 aliphatic rings. The van der Waals surface area contributed by atoms with Crippen molar-refractivity contribution in [1.29, 1.82) is 0 Å². The quantitative estimate of drug-likeness (QED) is 0.625. The number of hydrogen-bond donors (Lipinski definition) is 3. The van der Waals surface area contributed by atoms with Gasteiger partial charge in [-0.05, 0) is 18.6 Å². The van der Waals surface area contributed by atoms with Crippen LogP contribution < -0.4 is 11.1 Å². The molecular weight excluding hydrogens is 180 g/mol. The van der Waals surface area contributed by atoms with Gasteiger partial charge in [-0.25, -0.2) is 4.79 Å². The second-order valence-corrected chi connectivity index (χ2v) is 3.39. The first kappa shape index (κ1) is 9.02. The SMILES string of the molecule is N[C@H]1CCNc2cccc(C(=O)O)c21. The van der Waals surface area contributed by atoms with Crippen LogP contribution in [-0.4, -0.2) is 17.6 Å². The van der Waals surface area contributed by atoms with E-state index in [1.165, 1.54) is 0 Å². The van der Waals surface area contributed by atoms with Gasteiger partial charge in [-0.2, -0.15) is 0 Å². The number of nitrogens with one attached hydrogen (secondary N) is 1. The van der Waals surface area contributed by atoms with Gasteiger partial charge in [-0.1, -0.05) is 6.07 Å². The molecule has 0 bridgehead atoms. The maximum absolute atomic E-state index is 10.9. The molecule has 1 aromatic rings. The zero-order valence-electron chi connectivity index (χ0n) is 7.66. The van der Waals surface area contributed by atoms with Crippen molar-refractivity contribution in [1.82, 2.24) is 0 Å². The zero-order chi connectivity index (χ0) is 10.1. The molecule has 0 aromatic heterocycles. The van der Waals surface area contributed by atoms with Crippen LogP contribution in [0.15, 0.2) is 18.2 Å². The first-order valence-corrected chi connectivity index (χ1v) is 4.56. The van der Waals surface area contributed by atoms with Crippen LogP contribution in [0.1, 0.15) is 28.4 Å². The monoisotopic (exact) mass is 192 g/mol. The molecular formula is C10H12N2O2. The van der Waals surface area contributed by atoms with E-state index < -0.39 is 5.97 Å². The fourth-order valence-corrected chi connectivity index (χ4v) is 1.81. The van der Waals surface area contributed by atoms with Crippen LogP contribution in [0.2, 0.25) is 0 Å². The Labute approximate surface area is 81.7 Å². The Bertz CT molecular complexity index is 376. The molecule has 1 atom stereocenters. The van der Waals surface area contributed by atoms with E-state index in [2.05, 4.69) is 5.32 Å². The highest BCUT2D eigenvalue weighted by atomic mass is 16.4. The van der Waals surface area contributed by atoms with Crippen LogP contribution in [0.5, 0.6) is 0 Å². The minimum Gasteiger partial charge on any atom is -0.478 e. The van der Waals surface area contributed by atoms with Crippen molar-refractivity contribution in [3.63, 3.8) is 0 Å². The maximum Gasteiger partial charge on any atom is 0.336 e. The van der Waals surface area contributed by atoms with Crippen molar-refractivity contribution in [2.24, 2.45) is 5.73 Å². The minimum atomic E-state index is -0.916. The molecule has 1 heterocycles. The smallest absolute Gasteiger partial charge is 0.336 e. The molecule has 0 unspecified atom stereocenters. The number of rotatable bonds is 1. The number of aromatic carboxylic acids is 1. The molecule has 2 rings (SSSR count). The molecule has 14 heavy (non-hydrogen) atoms. The van der Waals surface area contributed by atoms with E-state index >= 15 is 0 Å². The molecule has 0 radical (unpaired) electrons. The normalized spacial score (nSPS) is 19.6. The average molecular weight is 192 g/mol. The number of carbonyl (C=O) groups is 1. The lowest BCUT2D eigenvalue weighted by atomic mass is 9.94. The first-order chi connectivity index (χ1) is 6.70.